The monoisotopic (exact) mass is 265 g/mol. The van der Waals surface area contributed by atoms with E-state index in [1.165, 1.54) is 6.07 Å². The van der Waals surface area contributed by atoms with Gasteiger partial charge in [-0.2, -0.15) is 0 Å². The van der Waals surface area contributed by atoms with E-state index in [1.54, 1.807) is 18.2 Å². The van der Waals surface area contributed by atoms with Crippen LogP contribution >= 0.6 is 0 Å². The lowest BCUT2D eigenvalue weighted by atomic mass is 9.82. The minimum absolute atomic E-state index is 0.120. The van der Waals surface area contributed by atoms with Crippen LogP contribution in [-0.4, -0.2) is 42.0 Å². The fourth-order valence-electron chi connectivity index (χ4n) is 2.18. The Morgan fingerprint density at radius 2 is 2.11 bits per heavy atom. The van der Waals surface area contributed by atoms with Gasteiger partial charge in [-0.1, -0.05) is 12.1 Å². The van der Waals surface area contributed by atoms with Crippen molar-refractivity contribution in [3.05, 3.63) is 29.8 Å². The molecule has 3 N–H and O–H groups in total. The van der Waals surface area contributed by atoms with E-state index in [2.05, 4.69) is 5.32 Å². The molecule has 0 heterocycles. The van der Waals surface area contributed by atoms with E-state index in [1.807, 2.05) is 0 Å². The molecule has 0 atom stereocenters. The van der Waals surface area contributed by atoms with E-state index in [0.717, 1.165) is 19.4 Å². The first-order valence-electron chi connectivity index (χ1n) is 6.50. The van der Waals surface area contributed by atoms with Crippen LogP contribution in [0.1, 0.15) is 23.2 Å². The number of para-hydroxylation sites is 1. The highest BCUT2D eigenvalue weighted by atomic mass is 16.5. The van der Waals surface area contributed by atoms with Gasteiger partial charge in [0.25, 0.3) is 0 Å². The van der Waals surface area contributed by atoms with Gasteiger partial charge in [-0.25, -0.2) is 4.79 Å². The van der Waals surface area contributed by atoms with Crippen LogP contribution in [-0.2, 0) is 0 Å². The van der Waals surface area contributed by atoms with E-state index in [4.69, 9.17) is 14.9 Å². The summed E-state index contributed by atoms with van der Waals surface area (Å²) >= 11 is 0. The molecular formula is C14H19NO4. The Balaban J connectivity index is 1.66. The molecule has 1 saturated carbocycles. The summed E-state index contributed by atoms with van der Waals surface area (Å²) in [6.45, 7) is 1.97. The third kappa shape index (κ3) is 3.94. The van der Waals surface area contributed by atoms with Crippen molar-refractivity contribution in [1.29, 1.82) is 0 Å². The molecular weight excluding hydrogens is 246 g/mol. The summed E-state index contributed by atoms with van der Waals surface area (Å²) in [7, 11) is 0. The van der Waals surface area contributed by atoms with Crippen molar-refractivity contribution in [2.24, 2.45) is 5.92 Å². The summed E-state index contributed by atoms with van der Waals surface area (Å²) in [5.41, 5.74) is 0.185. The minimum atomic E-state index is -0.980. The topological polar surface area (TPSA) is 78.8 Å². The number of ether oxygens (including phenoxy) is 1. The highest BCUT2D eigenvalue weighted by molar-refractivity contribution is 5.90. The molecule has 1 aliphatic rings. The smallest absolute Gasteiger partial charge is 0.339 e. The van der Waals surface area contributed by atoms with Crippen molar-refractivity contribution in [3.8, 4) is 5.75 Å². The Hall–Kier alpha value is -1.59. The Kier molecular flexibility index (Phi) is 4.76. The molecule has 0 unspecified atom stereocenters. The van der Waals surface area contributed by atoms with Crippen LogP contribution in [0.25, 0.3) is 0 Å². The summed E-state index contributed by atoms with van der Waals surface area (Å²) in [5.74, 6) is -0.0239. The first-order valence-corrected chi connectivity index (χ1v) is 6.50. The molecule has 104 valence electrons. The van der Waals surface area contributed by atoms with E-state index in [-0.39, 0.29) is 11.7 Å². The molecule has 1 aliphatic carbocycles. The van der Waals surface area contributed by atoms with E-state index >= 15 is 0 Å². The number of hydrogen-bond donors (Lipinski definition) is 3. The van der Waals surface area contributed by atoms with E-state index in [9.17, 15) is 4.79 Å². The molecule has 5 heteroatoms. The third-order valence-electron chi connectivity index (χ3n) is 3.30. The largest absolute Gasteiger partial charge is 0.491 e. The fourth-order valence-corrected chi connectivity index (χ4v) is 2.18. The Morgan fingerprint density at radius 3 is 2.79 bits per heavy atom. The molecule has 0 amide bonds. The van der Waals surface area contributed by atoms with Crippen LogP contribution in [0.4, 0.5) is 0 Å². The number of carboxylic acid groups (broad SMARTS) is 1. The summed E-state index contributed by atoms with van der Waals surface area (Å²) in [4.78, 5) is 11.0. The summed E-state index contributed by atoms with van der Waals surface area (Å²) in [5, 5.41) is 21.4. The summed E-state index contributed by atoms with van der Waals surface area (Å²) < 4.78 is 5.46. The molecule has 0 spiro atoms. The quantitative estimate of drug-likeness (QED) is 0.644. The second kappa shape index (κ2) is 6.54. The fraction of sp³-hybridized carbons (Fsp3) is 0.500. The van der Waals surface area contributed by atoms with Crippen LogP contribution in [0, 0.1) is 5.92 Å². The zero-order chi connectivity index (χ0) is 13.7. The zero-order valence-electron chi connectivity index (χ0n) is 10.7. The van der Waals surface area contributed by atoms with Crippen molar-refractivity contribution >= 4 is 5.97 Å². The van der Waals surface area contributed by atoms with Crippen LogP contribution in [0.15, 0.2) is 24.3 Å². The number of carbonyl (C=O) groups is 1. The Labute approximate surface area is 112 Å². The number of nitrogens with one attached hydrogen (secondary N) is 1. The van der Waals surface area contributed by atoms with Gasteiger partial charge in [-0.15, -0.1) is 0 Å². The predicted molar refractivity (Wildman–Crippen MR) is 70.5 cm³/mol. The van der Waals surface area contributed by atoms with Crippen LogP contribution < -0.4 is 10.1 Å². The molecule has 1 fully saturated rings. The highest BCUT2D eigenvalue weighted by Crippen LogP contribution is 2.25. The maximum Gasteiger partial charge on any atom is 0.339 e. The van der Waals surface area contributed by atoms with Crippen molar-refractivity contribution < 1.29 is 19.7 Å². The predicted octanol–water partition coefficient (Wildman–Crippen LogP) is 1.12. The third-order valence-corrected chi connectivity index (χ3v) is 3.30. The van der Waals surface area contributed by atoms with Gasteiger partial charge in [0.1, 0.15) is 17.9 Å². The maximum absolute atomic E-state index is 11.0. The minimum Gasteiger partial charge on any atom is -0.491 e. The van der Waals surface area contributed by atoms with Gasteiger partial charge in [0, 0.05) is 6.54 Å². The molecule has 19 heavy (non-hydrogen) atoms. The average molecular weight is 265 g/mol. The molecule has 0 bridgehead atoms. The van der Waals surface area contributed by atoms with Gasteiger partial charge in [-0.05, 0) is 37.4 Å². The Morgan fingerprint density at radius 1 is 1.37 bits per heavy atom. The van der Waals surface area contributed by atoms with Gasteiger partial charge in [0.15, 0.2) is 0 Å². The number of aromatic carboxylic acids is 1. The van der Waals surface area contributed by atoms with Crippen LogP contribution in [0.2, 0.25) is 0 Å². The van der Waals surface area contributed by atoms with Gasteiger partial charge < -0.3 is 20.3 Å². The highest BCUT2D eigenvalue weighted by Gasteiger charge is 2.26. The maximum atomic E-state index is 11.0. The molecule has 0 radical (unpaired) electrons. The van der Waals surface area contributed by atoms with Crippen molar-refractivity contribution in [3.63, 3.8) is 0 Å². The lowest BCUT2D eigenvalue weighted by Gasteiger charge is -2.31. The number of rotatable bonds is 7. The molecule has 1 aromatic carbocycles. The normalized spacial score (nSPS) is 21.7. The molecule has 0 aliphatic heterocycles. The van der Waals surface area contributed by atoms with Gasteiger partial charge in [-0.3, -0.25) is 0 Å². The van der Waals surface area contributed by atoms with Crippen molar-refractivity contribution in [1.82, 2.24) is 5.32 Å². The number of hydrogen-bond acceptors (Lipinski definition) is 4. The first-order chi connectivity index (χ1) is 9.16. The van der Waals surface area contributed by atoms with Gasteiger partial charge in [0.05, 0.1) is 6.10 Å². The summed E-state index contributed by atoms with van der Waals surface area (Å²) in [6.07, 6.45) is 1.62. The molecule has 1 aromatic rings. The molecule has 0 saturated heterocycles. The average Bonchev–Trinajstić information content (AvgIpc) is 2.36. The van der Waals surface area contributed by atoms with Crippen LogP contribution in [0.5, 0.6) is 5.75 Å². The Bertz CT molecular complexity index is 429. The van der Waals surface area contributed by atoms with Crippen LogP contribution in [0.3, 0.4) is 0 Å². The lowest BCUT2D eigenvalue weighted by molar-refractivity contribution is 0.0428. The van der Waals surface area contributed by atoms with Crippen molar-refractivity contribution in [2.75, 3.05) is 19.7 Å². The first kappa shape index (κ1) is 13.8. The molecule has 5 nitrogen and oxygen atoms in total. The number of carboxylic acids is 1. The second-order valence-electron chi connectivity index (χ2n) is 4.85. The number of aliphatic hydroxyl groups excluding tert-OH is 1. The standard InChI is InChI=1S/C14H19NO4/c16-11-7-10(8-11)9-15-5-6-19-13-4-2-1-3-12(13)14(17)18/h1-4,10-11,15-16H,5-9H2,(H,17,18). The lowest BCUT2D eigenvalue weighted by Crippen LogP contribution is -2.37. The molecule has 0 aromatic heterocycles. The van der Waals surface area contributed by atoms with E-state index in [0.29, 0.717) is 24.8 Å². The van der Waals surface area contributed by atoms with Gasteiger partial charge >= 0.3 is 5.97 Å². The molecule has 2 rings (SSSR count). The number of benzene rings is 1. The van der Waals surface area contributed by atoms with E-state index < -0.39 is 5.97 Å². The zero-order valence-corrected chi connectivity index (χ0v) is 10.7. The second-order valence-corrected chi connectivity index (χ2v) is 4.85. The van der Waals surface area contributed by atoms with Crippen molar-refractivity contribution in [2.45, 2.75) is 18.9 Å². The summed E-state index contributed by atoms with van der Waals surface area (Å²) in [6, 6.07) is 6.62. The van der Waals surface area contributed by atoms with Gasteiger partial charge in [0.2, 0.25) is 0 Å². The SMILES string of the molecule is O=C(O)c1ccccc1OCCNCC1CC(O)C1. The number of aliphatic hydroxyl groups is 1.